The average molecular weight is 392 g/mol. The molecule has 2 aliphatic carbocycles. The van der Waals surface area contributed by atoms with Gasteiger partial charge >= 0.3 is 0 Å². The van der Waals surface area contributed by atoms with Crippen molar-refractivity contribution in [2.24, 2.45) is 11.7 Å². The van der Waals surface area contributed by atoms with Crippen molar-refractivity contribution in [2.45, 2.75) is 69.2 Å². The van der Waals surface area contributed by atoms with Crippen LogP contribution in [0.3, 0.4) is 0 Å². The fraction of sp³-hybridized carbons (Fsp3) is 0.875. The molecule has 0 radical (unpaired) electrons. The van der Waals surface area contributed by atoms with Gasteiger partial charge in [-0.2, -0.15) is 0 Å². The molecule has 4 N–H and O–H groups in total. The molecule has 0 aromatic rings. The molecule has 7 nitrogen and oxygen atoms in total. The highest BCUT2D eigenvalue weighted by atomic mass is 32.2. The number of amides is 1. The Labute approximate surface area is 154 Å². The van der Waals surface area contributed by atoms with Crippen LogP contribution < -0.4 is 15.8 Å². The van der Waals surface area contributed by atoms with E-state index in [9.17, 15) is 18.0 Å². The zero-order chi connectivity index (χ0) is 18.4. The lowest BCUT2D eigenvalue weighted by molar-refractivity contribution is -0.119. The smallest absolute Gasteiger partial charge is 0.217 e. The first-order valence-electron chi connectivity index (χ1n) is 9.00. The van der Waals surface area contributed by atoms with E-state index in [-0.39, 0.29) is 40.8 Å². The van der Waals surface area contributed by atoms with E-state index in [4.69, 9.17) is 5.73 Å². The highest BCUT2D eigenvalue weighted by Crippen LogP contribution is 2.33. The largest absolute Gasteiger partial charge is 0.351 e. The molecule has 0 bridgehead atoms. The van der Waals surface area contributed by atoms with Gasteiger partial charge in [0.2, 0.25) is 15.9 Å². The monoisotopic (exact) mass is 391 g/mol. The van der Waals surface area contributed by atoms with Crippen LogP contribution in [0.1, 0.15) is 51.9 Å². The minimum absolute atomic E-state index is 0.0867. The van der Waals surface area contributed by atoms with Crippen molar-refractivity contribution in [2.75, 3.05) is 12.3 Å². The fourth-order valence-corrected chi connectivity index (χ4v) is 5.94. The van der Waals surface area contributed by atoms with Crippen molar-refractivity contribution in [3.05, 3.63) is 0 Å². The average Bonchev–Trinajstić information content (AvgIpc) is 3.11. The second-order valence-corrected chi connectivity index (χ2v) is 10.0. The molecule has 2 saturated carbocycles. The van der Waals surface area contributed by atoms with E-state index in [1.165, 1.54) is 13.3 Å². The van der Waals surface area contributed by atoms with E-state index in [0.717, 1.165) is 50.3 Å². The highest BCUT2D eigenvalue weighted by molar-refractivity contribution is 8.13. The van der Waals surface area contributed by atoms with Gasteiger partial charge in [-0.3, -0.25) is 9.59 Å². The van der Waals surface area contributed by atoms with Gasteiger partial charge in [0, 0.05) is 25.3 Å². The van der Waals surface area contributed by atoms with Gasteiger partial charge in [-0.1, -0.05) is 43.9 Å². The zero-order valence-electron chi connectivity index (χ0n) is 14.7. The Morgan fingerprint density at radius 1 is 1.12 bits per heavy atom. The summed E-state index contributed by atoms with van der Waals surface area (Å²) in [5.74, 6) is -0.190. The van der Waals surface area contributed by atoms with Crippen molar-refractivity contribution in [3.8, 4) is 0 Å². The van der Waals surface area contributed by atoms with Crippen LogP contribution >= 0.6 is 11.8 Å². The molecule has 2 rings (SSSR count). The summed E-state index contributed by atoms with van der Waals surface area (Å²) in [7, 11) is -3.32. The number of carbonyl (C=O) groups excluding carboxylic acids is 2. The van der Waals surface area contributed by atoms with Crippen LogP contribution in [-0.4, -0.2) is 49.1 Å². The van der Waals surface area contributed by atoms with Crippen molar-refractivity contribution in [3.63, 3.8) is 0 Å². The van der Waals surface area contributed by atoms with Crippen LogP contribution in [0.15, 0.2) is 0 Å². The Balaban J connectivity index is 1.69. The van der Waals surface area contributed by atoms with Crippen LogP contribution in [0.4, 0.5) is 0 Å². The van der Waals surface area contributed by atoms with Crippen LogP contribution in [0.5, 0.6) is 0 Å². The summed E-state index contributed by atoms with van der Waals surface area (Å²) in [5.41, 5.74) is 5.80. The van der Waals surface area contributed by atoms with Gasteiger partial charge in [-0.15, -0.1) is 0 Å². The second kappa shape index (κ2) is 9.34. The van der Waals surface area contributed by atoms with Crippen molar-refractivity contribution >= 4 is 32.8 Å². The molecule has 2 aliphatic rings. The van der Waals surface area contributed by atoms with Crippen LogP contribution in [-0.2, 0) is 19.6 Å². The SMILES string of the molecule is CC(=O)NC1C(N)C1C(=O)SCCNS(=O)(=O)C1CCCCCCC1. The van der Waals surface area contributed by atoms with E-state index >= 15 is 0 Å². The van der Waals surface area contributed by atoms with Crippen molar-refractivity contribution in [1.82, 2.24) is 10.0 Å². The minimum atomic E-state index is -3.32. The molecule has 0 aromatic heterocycles. The van der Waals surface area contributed by atoms with Gasteiger partial charge in [0.05, 0.1) is 17.2 Å². The number of thioether (sulfide) groups is 1. The summed E-state index contributed by atoms with van der Waals surface area (Å²) in [6.45, 7) is 1.63. The van der Waals surface area contributed by atoms with Gasteiger partial charge in [0.15, 0.2) is 5.12 Å². The lowest BCUT2D eigenvalue weighted by Crippen LogP contribution is -2.36. The van der Waals surface area contributed by atoms with Gasteiger partial charge in [-0.05, 0) is 12.8 Å². The van der Waals surface area contributed by atoms with E-state index < -0.39 is 10.0 Å². The number of hydrogen-bond acceptors (Lipinski definition) is 6. The third-order valence-electron chi connectivity index (χ3n) is 4.86. The van der Waals surface area contributed by atoms with E-state index in [2.05, 4.69) is 10.0 Å². The first kappa shape index (κ1) is 20.7. The van der Waals surface area contributed by atoms with E-state index in [1.54, 1.807) is 0 Å². The molecule has 9 heteroatoms. The zero-order valence-corrected chi connectivity index (χ0v) is 16.3. The lowest BCUT2D eigenvalue weighted by Gasteiger charge is -2.20. The Kier molecular flexibility index (Phi) is 7.72. The first-order valence-corrected chi connectivity index (χ1v) is 11.5. The highest BCUT2D eigenvalue weighted by Gasteiger charge is 2.53. The molecule has 25 heavy (non-hydrogen) atoms. The number of rotatable bonds is 7. The van der Waals surface area contributed by atoms with Crippen molar-refractivity contribution < 1.29 is 18.0 Å². The number of sulfonamides is 1. The number of nitrogens with two attached hydrogens (primary N) is 1. The Hall–Kier alpha value is -0.640. The normalized spacial score (nSPS) is 28.0. The third-order valence-corrected chi connectivity index (χ3v) is 7.78. The molecular weight excluding hydrogens is 362 g/mol. The minimum Gasteiger partial charge on any atom is -0.351 e. The number of carbonyl (C=O) groups is 2. The molecule has 0 aromatic carbocycles. The summed E-state index contributed by atoms with van der Waals surface area (Å²) in [4.78, 5) is 23.1. The summed E-state index contributed by atoms with van der Waals surface area (Å²) in [6, 6.07) is -0.625. The lowest BCUT2D eigenvalue weighted by atomic mass is 10.0. The predicted molar refractivity (Wildman–Crippen MR) is 99.6 cm³/mol. The Morgan fingerprint density at radius 2 is 1.72 bits per heavy atom. The summed E-state index contributed by atoms with van der Waals surface area (Å²) < 4.78 is 27.4. The van der Waals surface area contributed by atoms with E-state index in [1.807, 2.05) is 0 Å². The molecular formula is C16H29N3O4S2. The second-order valence-electron chi connectivity index (χ2n) is 6.90. The summed E-state index contributed by atoms with van der Waals surface area (Å²) >= 11 is 1.08. The van der Waals surface area contributed by atoms with Gasteiger partial charge in [0.1, 0.15) is 0 Å². The maximum Gasteiger partial charge on any atom is 0.217 e. The fourth-order valence-electron chi connectivity index (χ4n) is 3.34. The maximum atomic E-state index is 12.4. The molecule has 3 unspecified atom stereocenters. The molecule has 0 saturated heterocycles. The standard InChI is InChI=1S/C16H29N3O4S2/c1-11(20)19-15-13(14(15)17)16(21)24-10-9-18-25(22,23)12-7-5-3-2-4-6-8-12/h12-15,18H,2-10,17H2,1H3,(H,19,20). The number of nitrogens with one attached hydrogen (secondary N) is 2. The molecule has 3 atom stereocenters. The van der Waals surface area contributed by atoms with Gasteiger partial charge < -0.3 is 11.1 Å². The van der Waals surface area contributed by atoms with Gasteiger partial charge in [-0.25, -0.2) is 13.1 Å². The third kappa shape index (κ3) is 6.23. The quantitative estimate of drug-likeness (QED) is 0.551. The molecule has 0 aliphatic heterocycles. The molecule has 0 spiro atoms. The van der Waals surface area contributed by atoms with Crippen LogP contribution in [0.2, 0.25) is 0 Å². The molecule has 144 valence electrons. The Bertz CT molecular complexity index is 574. The number of hydrogen-bond donors (Lipinski definition) is 3. The summed E-state index contributed by atoms with van der Waals surface area (Å²) in [5, 5.41) is 2.26. The molecule has 0 heterocycles. The van der Waals surface area contributed by atoms with Crippen LogP contribution in [0.25, 0.3) is 0 Å². The van der Waals surface area contributed by atoms with Crippen LogP contribution in [0, 0.1) is 5.92 Å². The topological polar surface area (TPSA) is 118 Å². The van der Waals surface area contributed by atoms with Gasteiger partial charge in [0.25, 0.3) is 0 Å². The molecule has 2 fully saturated rings. The maximum absolute atomic E-state index is 12.4. The first-order chi connectivity index (χ1) is 11.8. The predicted octanol–water partition coefficient (Wildman–Crippen LogP) is 0.740. The summed E-state index contributed by atoms with van der Waals surface area (Å²) in [6.07, 6.45) is 6.77. The molecule has 1 amide bonds. The Morgan fingerprint density at radius 3 is 2.32 bits per heavy atom. The van der Waals surface area contributed by atoms with E-state index in [0.29, 0.717) is 5.75 Å². The van der Waals surface area contributed by atoms with Crippen molar-refractivity contribution in [1.29, 1.82) is 0 Å².